The lowest BCUT2D eigenvalue weighted by Crippen LogP contribution is -2.41. The van der Waals surface area contributed by atoms with Gasteiger partial charge < -0.3 is 4.74 Å². The number of carbonyl (C=O) groups is 3. The average molecular weight is 368 g/mol. The Kier molecular flexibility index (Phi) is 7.55. The highest BCUT2D eigenvalue weighted by Crippen LogP contribution is 2.13. The molecule has 2 N–H and O–H groups in total. The van der Waals surface area contributed by atoms with Crippen molar-refractivity contribution in [3.05, 3.63) is 65.2 Å². The number of hydrogen-bond donors (Lipinski definition) is 2. The second-order valence-corrected chi connectivity index (χ2v) is 6.09. The van der Waals surface area contributed by atoms with Crippen molar-refractivity contribution in [1.82, 2.24) is 10.9 Å². The Morgan fingerprint density at radius 2 is 1.52 bits per heavy atom. The van der Waals surface area contributed by atoms with E-state index in [2.05, 4.69) is 10.9 Å². The third-order valence-corrected chi connectivity index (χ3v) is 4.02. The van der Waals surface area contributed by atoms with Crippen molar-refractivity contribution in [1.29, 1.82) is 0 Å². The molecule has 2 aromatic carbocycles. The number of ether oxygens (including phenoxy) is 1. The van der Waals surface area contributed by atoms with Crippen LogP contribution in [0.2, 0.25) is 0 Å². The number of ketones is 1. The lowest BCUT2D eigenvalue weighted by Gasteiger charge is -2.09. The summed E-state index contributed by atoms with van der Waals surface area (Å²) in [6, 6.07) is 14.1. The first-order chi connectivity index (χ1) is 13.0. The number of amides is 2. The van der Waals surface area contributed by atoms with Crippen LogP contribution in [0.3, 0.4) is 0 Å². The molecule has 27 heavy (non-hydrogen) atoms. The molecule has 0 radical (unpaired) electrons. The lowest BCUT2D eigenvalue weighted by molar-refractivity contribution is -0.122. The number of benzene rings is 2. The van der Waals surface area contributed by atoms with Gasteiger partial charge in [0, 0.05) is 17.5 Å². The Morgan fingerprint density at radius 3 is 2.11 bits per heavy atom. The molecular formula is C21H24N2O4. The number of Topliss-reactive ketones (excluding diaryl/α,β-unsaturated/α-hetero) is 1. The van der Waals surface area contributed by atoms with Crippen LogP contribution in [0.25, 0.3) is 0 Å². The summed E-state index contributed by atoms with van der Waals surface area (Å²) in [6.07, 6.45) is 1.63. The summed E-state index contributed by atoms with van der Waals surface area (Å²) in [7, 11) is 0. The van der Waals surface area contributed by atoms with Gasteiger partial charge >= 0.3 is 0 Å². The summed E-state index contributed by atoms with van der Waals surface area (Å²) in [4.78, 5) is 35.0. The van der Waals surface area contributed by atoms with Crippen LogP contribution in [-0.2, 0) is 11.2 Å². The maximum Gasteiger partial charge on any atom is 0.269 e. The van der Waals surface area contributed by atoms with E-state index in [1.165, 1.54) is 6.92 Å². The van der Waals surface area contributed by atoms with Crippen molar-refractivity contribution in [3.8, 4) is 5.75 Å². The molecule has 0 unspecified atom stereocenters. The minimum Gasteiger partial charge on any atom is -0.494 e. The summed E-state index contributed by atoms with van der Waals surface area (Å²) in [5.74, 6) is 0.00248. The molecule has 2 amide bonds. The SMILES string of the molecule is CCc1ccc(C(=O)NNC(=O)CCCOc2ccc(C(C)=O)cc2)cc1. The molecule has 2 rings (SSSR count). The van der Waals surface area contributed by atoms with E-state index in [-0.39, 0.29) is 24.0 Å². The molecule has 0 aliphatic carbocycles. The maximum absolute atomic E-state index is 12.0. The molecular weight excluding hydrogens is 344 g/mol. The molecule has 0 fully saturated rings. The Labute approximate surface area is 158 Å². The fourth-order valence-corrected chi connectivity index (χ4v) is 2.36. The van der Waals surface area contributed by atoms with Gasteiger partial charge in [0.2, 0.25) is 5.91 Å². The highest BCUT2D eigenvalue weighted by Gasteiger charge is 2.07. The van der Waals surface area contributed by atoms with Crippen LogP contribution in [0.15, 0.2) is 48.5 Å². The highest BCUT2D eigenvalue weighted by atomic mass is 16.5. The van der Waals surface area contributed by atoms with Gasteiger partial charge in [0.25, 0.3) is 5.91 Å². The van der Waals surface area contributed by atoms with Crippen LogP contribution in [0.5, 0.6) is 5.75 Å². The minimum absolute atomic E-state index is 0.00146. The molecule has 0 aliphatic heterocycles. The summed E-state index contributed by atoms with van der Waals surface area (Å²) < 4.78 is 5.53. The van der Waals surface area contributed by atoms with Crippen molar-refractivity contribution in [2.75, 3.05) is 6.61 Å². The predicted molar refractivity (Wildman–Crippen MR) is 103 cm³/mol. The van der Waals surface area contributed by atoms with Crippen LogP contribution >= 0.6 is 0 Å². The highest BCUT2D eigenvalue weighted by molar-refractivity contribution is 5.95. The number of hydrogen-bond acceptors (Lipinski definition) is 4. The van der Waals surface area contributed by atoms with Crippen molar-refractivity contribution < 1.29 is 19.1 Å². The molecule has 0 bridgehead atoms. The lowest BCUT2D eigenvalue weighted by atomic mass is 10.1. The van der Waals surface area contributed by atoms with Crippen molar-refractivity contribution >= 4 is 17.6 Å². The number of hydrazine groups is 1. The van der Waals surface area contributed by atoms with Crippen molar-refractivity contribution in [2.24, 2.45) is 0 Å². The van der Waals surface area contributed by atoms with E-state index < -0.39 is 0 Å². The van der Waals surface area contributed by atoms with Gasteiger partial charge in [-0.05, 0) is 61.7 Å². The standard InChI is InChI=1S/C21H24N2O4/c1-3-16-6-8-18(9-7-16)21(26)23-22-20(25)5-4-14-27-19-12-10-17(11-13-19)15(2)24/h6-13H,3-5,14H2,1-2H3,(H,22,25)(H,23,26). The van der Waals surface area contributed by atoms with E-state index in [0.717, 1.165) is 12.0 Å². The summed E-state index contributed by atoms with van der Waals surface area (Å²) >= 11 is 0. The summed E-state index contributed by atoms with van der Waals surface area (Å²) in [6.45, 7) is 3.91. The number of aryl methyl sites for hydroxylation is 1. The van der Waals surface area contributed by atoms with E-state index >= 15 is 0 Å². The van der Waals surface area contributed by atoms with E-state index in [4.69, 9.17) is 4.74 Å². The Balaban J connectivity index is 1.65. The minimum atomic E-state index is -0.354. The van der Waals surface area contributed by atoms with Crippen LogP contribution < -0.4 is 15.6 Å². The molecule has 2 aromatic rings. The van der Waals surface area contributed by atoms with Crippen LogP contribution in [-0.4, -0.2) is 24.2 Å². The van der Waals surface area contributed by atoms with Gasteiger partial charge in [-0.15, -0.1) is 0 Å². The average Bonchev–Trinajstić information content (AvgIpc) is 2.69. The number of nitrogens with one attached hydrogen (secondary N) is 2. The first-order valence-corrected chi connectivity index (χ1v) is 8.91. The van der Waals surface area contributed by atoms with Gasteiger partial charge in [0.05, 0.1) is 6.61 Å². The number of rotatable bonds is 8. The second kappa shape index (κ2) is 10.1. The molecule has 142 valence electrons. The van der Waals surface area contributed by atoms with Gasteiger partial charge in [0.1, 0.15) is 5.75 Å². The zero-order valence-electron chi connectivity index (χ0n) is 15.6. The normalized spacial score (nSPS) is 10.1. The third kappa shape index (κ3) is 6.58. The van der Waals surface area contributed by atoms with Crippen molar-refractivity contribution in [2.45, 2.75) is 33.1 Å². The molecule has 0 atom stereocenters. The zero-order chi connectivity index (χ0) is 19.6. The van der Waals surface area contributed by atoms with Crippen LogP contribution in [0.4, 0.5) is 0 Å². The smallest absolute Gasteiger partial charge is 0.269 e. The molecule has 6 heteroatoms. The zero-order valence-corrected chi connectivity index (χ0v) is 15.6. The molecule has 0 aromatic heterocycles. The maximum atomic E-state index is 12.0. The molecule has 0 saturated heterocycles. The molecule has 0 spiro atoms. The third-order valence-electron chi connectivity index (χ3n) is 4.02. The first-order valence-electron chi connectivity index (χ1n) is 8.91. The van der Waals surface area contributed by atoms with E-state index in [1.54, 1.807) is 36.4 Å². The van der Waals surface area contributed by atoms with Gasteiger partial charge in [-0.1, -0.05) is 19.1 Å². The fraction of sp³-hybridized carbons (Fsp3) is 0.286. The summed E-state index contributed by atoms with van der Waals surface area (Å²) in [5.41, 5.74) is 7.06. The Morgan fingerprint density at radius 1 is 0.889 bits per heavy atom. The second-order valence-electron chi connectivity index (χ2n) is 6.09. The topological polar surface area (TPSA) is 84.5 Å². The van der Waals surface area contributed by atoms with E-state index in [1.807, 2.05) is 19.1 Å². The molecule has 0 heterocycles. The van der Waals surface area contributed by atoms with E-state index in [9.17, 15) is 14.4 Å². The summed E-state index contributed by atoms with van der Waals surface area (Å²) in [5, 5.41) is 0. The predicted octanol–water partition coefficient (Wildman–Crippen LogP) is 3.07. The monoisotopic (exact) mass is 368 g/mol. The van der Waals surface area contributed by atoms with Crippen LogP contribution in [0.1, 0.15) is 53.0 Å². The molecule has 0 saturated carbocycles. The quantitative estimate of drug-likeness (QED) is 0.426. The molecule has 6 nitrogen and oxygen atoms in total. The van der Waals surface area contributed by atoms with Gasteiger partial charge in [-0.25, -0.2) is 0 Å². The molecule has 0 aliphatic rings. The van der Waals surface area contributed by atoms with Gasteiger partial charge in [-0.3, -0.25) is 25.2 Å². The Bertz CT molecular complexity index is 783. The largest absolute Gasteiger partial charge is 0.494 e. The van der Waals surface area contributed by atoms with Gasteiger partial charge in [0.15, 0.2) is 5.78 Å². The first kappa shape index (κ1) is 20.2. The Hall–Kier alpha value is -3.15. The van der Waals surface area contributed by atoms with Crippen LogP contribution in [0, 0.1) is 0 Å². The van der Waals surface area contributed by atoms with Crippen molar-refractivity contribution in [3.63, 3.8) is 0 Å². The fourth-order valence-electron chi connectivity index (χ4n) is 2.36. The van der Waals surface area contributed by atoms with Gasteiger partial charge in [-0.2, -0.15) is 0 Å². The van der Waals surface area contributed by atoms with E-state index in [0.29, 0.717) is 29.9 Å². The number of carbonyl (C=O) groups excluding carboxylic acids is 3.